The summed E-state index contributed by atoms with van der Waals surface area (Å²) < 4.78 is 7.18. The molecule has 3 heterocycles. The van der Waals surface area contributed by atoms with Gasteiger partial charge in [-0.1, -0.05) is 17.8 Å². The number of thioether (sulfide) groups is 1. The number of rotatable bonds is 9. The van der Waals surface area contributed by atoms with Crippen LogP contribution >= 0.6 is 23.1 Å². The number of pyridine rings is 1. The average Bonchev–Trinajstić information content (AvgIpc) is 3.39. The standard InChI is InChI=1S/C23H25N5O3S2/c1-3-13-28-20(15-9-11-24-12-10-15)26-27-23(28)32-14-18(29)25-21-19(22(30)31-4-2)16-7-5-6-8-17(16)33-21/h3,9-12H,1,4-8,13-14H2,2H3,(H,25,29). The molecular weight excluding hydrogens is 458 g/mol. The van der Waals surface area contributed by atoms with Crippen molar-refractivity contribution in [3.8, 4) is 11.4 Å². The summed E-state index contributed by atoms with van der Waals surface area (Å²) >= 11 is 2.78. The van der Waals surface area contributed by atoms with Crippen molar-refractivity contribution in [3.05, 3.63) is 53.2 Å². The van der Waals surface area contributed by atoms with Crippen molar-refractivity contribution < 1.29 is 14.3 Å². The van der Waals surface area contributed by atoms with Crippen molar-refractivity contribution >= 4 is 40.0 Å². The van der Waals surface area contributed by atoms with Crippen LogP contribution in [0.1, 0.15) is 40.6 Å². The minimum Gasteiger partial charge on any atom is -0.462 e. The predicted octanol–water partition coefficient (Wildman–Crippen LogP) is 4.37. The number of esters is 1. The highest BCUT2D eigenvalue weighted by Crippen LogP contribution is 2.38. The first-order valence-corrected chi connectivity index (χ1v) is 12.6. The molecule has 0 spiro atoms. The summed E-state index contributed by atoms with van der Waals surface area (Å²) in [6, 6.07) is 3.72. The number of anilines is 1. The maximum atomic E-state index is 12.8. The van der Waals surface area contributed by atoms with Gasteiger partial charge in [-0.3, -0.25) is 14.3 Å². The molecular formula is C23H25N5O3S2. The molecule has 10 heteroatoms. The smallest absolute Gasteiger partial charge is 0.341 e. The molecule has 3 aromatic rings. The lowest BCUT2D eigenvalue weighted by atomic mass is 9.95. The third-order valence-corrected chi connectivity index (χ3v) is 7.38. The van der Waals surface area contributed by atoms with Crippen molar-refractivity contribution in [2.24, 2.45) is 0 Å². The molecule has 1 aliphatic rings. The zero-order chi connectivity index (χ0) is 23.2. The van der Waals surface area contributed by atoms with E-state index in [1.54, 1.807) is 25.4 Å². The van der Waals surface area contributed by atoms with E-state index in [4.69, 9.17) is 4.74 Å². The Labute approximate surface area is 200 Å². The van der Waals surface area contributed by atoms with Gasteiger partial charge in [-0.05, 0) is 50.3 Å². The second kappa shape index (κ2) is 10.8. The predicted molar refractivity (Wildman–Crippen MR) is 130 cm³/mol. The lowest BCUT2D eigenvalue weighted by Crippen LogP contribution is -2.17. The first-order valence-electron chi connectivity index (χ1n) is 10.8. The highest BCUT2D eigenvalue weighted by Gasteiger charge is 2.27. The molecule has 4 rings (SSSR count). The molecule has 8 nitrogen and oxygen atoms in total. The van der Waals surface area contributed by atoms with E-state index in [1.165, 1.54) is 28.0 Å². The van der Waals surface area contributed by atoms with E-state index in [2.05, 4.69) is 27.1 Å². The molecule has 0 atom stereocenters. The number of thiophene rings is 1. The zero-order valence-electron chi connectivity index (χ0n) is 18.4. The Morgan fingerprint density at radius 1 is 1.27 bits per heavy atom. The van der Waals surface area contributed by atoms with Crippen molar-refractivity contribution in [2.45, 2.75) is 44.3 Å². The summed E-state index contributed by atoms with van der Waals surface area (Å²) in [5.74, 6) is 0.252. The maximum absolute atomic E-state index is 12.8. The quantitative estimate of drug-likeness (QED) is 0.274. The number of amides is 1. The highest BCUT2D eigenvalue weighted by atomic mass is 32.2. The first-order chi connectivity index (χ1) is 16.1. The number of nitrogens with zero attached hydrogens (tertiary/aromatic N) is 4. The number of ether oxygens (including phenoxy) is 1. The number of aryl methyl sites for hydroxylation is 1. The molecule has 0 radical (unpaired) electrons. The van der Waals surface area contributed by atoms with Gasteiger partial charge in [-0.25, -0.2) is 4.79 Å². The molecule has 0 aromatic carbocycles. The molecule has 3 aromatic heterocycles. The second-order valence-corrected chi connectivity index (χ2v) is 9.46. The number of nitrogens with one attached hydrogen (secondary N) is 1. The summed E-state index contributed by atoms with van der Waals surface area (Å²) in [5.41, 5.74) is 2.43. The third-order valence-electron chi connectivity index (χ3n) is 5.20. The van der Waals surface area contributed by atoms with Crippen LogP contribution in [0, 0.1) is 0 Å². The SMILES string of the molecule is C=CCn1c(SCC(=O)Nc2sc3c(c2C(=O)OCC)CCCC3)nnc1-c1ccncc1. The van der Waals surface area contributed by atoms with Crippen LogP contribution in [0.15, 0.2) is 42.3 Å². The van der Waals surface area contributed by atoms with E-state index in [0.717, 1.165) is 36.8 Å². The van der Waals surface area contributed by atoms with Crippen molar-refractivity contribution in [2.75, 3.05) is 17.7 Å². The van der Waals surface area contributed by atoms with E-state index in [-0.39, 0.29) is 17.6 Å². The van der Waals surface area contributed by atoms with E-state index < -0.39 is 0 Å². The number of aromatic nitrogens is 4. The Hall–Kier alpha value is -2.98. The number of carbonyl (C=O) groups excluding carboxylic acids is 2. The molecule has 1 N–H and O–H groups in total. The lowest BCUT2D eigenvalue weighted by Gasteiger charge is -2.12. The molecule has 0 saturated heterocycles. The van der Waals surface area contributed by atoms with E-state index in [1.807, 2.05) is 16.7 Å². The third kappa shape index (κ3) is 5.17. The molecule has 1 aliphatic carbocycles. The lowest BCUT2D eigenvalue weighted by molar-refractivity contribution is -0.113. The molecule has 0 saturated carbocycles. The number of fused-ring (bicyclic) bond motifs is 1. The Balaban J connectivity index is 1.49. The second-order valence-electron chi connectivity index (χ2n) is 7.41. The van der Waals surface area contributed by atoms with Crippen molar-refractivity contribution in [1.82, 2.24) is 19.7 Å². The number of allylic oxidation sites excluding steroid dienone is 1. The van der Waals surface area contributed by atoms with Crippen LogP contribution in [-0.2, 0) is 28.9 Å². The molecule has 0 aliphatic heterocycles. The summed E-state index contributed by atoms with van der Waals surface area (Å²) in [5, 5.41) is 12.7. The number of hydrogen-bond donors (Lipinski definition) is 1. The summed E-state index contributed by atoms with van der Waals surface area (Å²) in [6.45, 7) is 6.41. The Morgan fingerprint density at radius 2 is 2.06 bits per heavy atom. The summed E-state index contributed by atoms with van der Waals surface area (Å²) in [7, 11) is 0. The molecule has 0 unspecified atom stereocenters. The van der Waals surface area contributed by atoms with E-state index >= 15 is 0 Å². The van der Waals surface area contributed by atoms with Crippen LogP contribution < -0.4 is 5.32 Å². The molecule has 0 fully saturated rings. The van der Waals surface area contributed by atoms with Gasteiger partial charge in [0, 0.05) is 29.4 Å². The van der Waals surface area contributed by atoms with Gasteiger partial charge in [0.2, 0.25) is 5.91 Å². The van der Waals surface area contributed by atoms with Crippen LogP contribution in [0.4, 0.5) is 5.00 Å². The Kier molecular flexibility index (Phi) is 7.56. The van der Waals surface area contributed by atoms with E-state index in [9.17, 15) is 9.59 Å². The Bertz CT molecular complexity index is 1160. The summed E-state index contributed by atoms with van der Waals surface area (Å²) in [4.78, 5) is 30.6. The molecule has 33 heavy (non-hydrogen) atoms. The van der Waals surface area contributed by atoms with Crippen molar-refractivity contribution in [3.63, 3.8) is 0 Å². The van der Waals surface area contributed by atoms with Gasteiger partial charge in [0.1, 0.15) is 5.00 Å². The van der Waals surface area contributed by atoms with Gasteiger partial charge in [-0.15, -0.1) is 28.1 Å². The topological polar surface area (TPSA) is 99.0 Å². The molecule has 1 amide bonds. The number of carbonyl (C=O) groups is 2. The summed E-state index contributed by atoms with van der Waals surface area (Å²) in [6.07, 6.45) is 9.07. The van der Waals surface area contributed by atoms with Gasteiger partial charge < -0.3 is 10.1 Å². The Morgan fingerprint density at radius 3 is 2.82 bits per heavy atom. The first kappa shape index (κ1) is 23.2. The van der Waals surface area contributed by atoms with Crippen LogP contribution in [-0.4, -0.2) is 44.0 Å². The largest absolute Gasteiger partial charge is 0.462 e. The highest BCUT2D eigenvalue weighted by molar-refractivity contribution is 7.99. The van der Waals surface area contributed by atoms with Crippen LogP contribution in [0.25, 0.3) is 11.4 Å². The maximum Gasteiger partial charge on any atom is 0.341 e. The minimum absolute atomic E-state index is 0.135. The fraction of sp³-hybridized carbons (Fsp3) is 0.348. The molecule has 0 bridgehead atoms. The fourth-order valence-electron chi connectivity index (χ4n) is 3.77. The van der Waals surface area contributed by atoms with Gasteiger partial charge in [-0.2, -0.15) is 0 Å². The van der Waals surface area contributed by atoms with E-state index in [0.29, 0.717) is 34.7 Å². The van der Waals surface area contributed by atoms with Gasteiger partial charge in [0.05, 0.1) is 17.9 Å². The van der Waals surface area contributed by atoms with Gasteiger partial charge in [0.15, 0.2) is 11.0 Å². The minimum atomic E-state index is -0.368. The van der Waals surface area contributed by atoms with Crippen LogP contribution in [0.2, 0.25) is 0 Å². The zero-order valence-corrected chi connectivity index (χ0v) is 20.0. The fourth-order valence-corrected chi connectivity index (χ4v) is 5.81. The van der Waals surface area contributed by atoms with Crippen LogP contribution in [0.3, 0.4) is 0 Å². The van der Waals surface area contributed by atoms with Gasteiger partial charge >= 0.3 is 5.97 Å². The van der Waals surface area contributed by atoms with Crippen molar-refractivity contribution in [1.29, 1.82) is 0 Å². The average molecular weight is 484 g/mol. The number of hydrogen-bond acceptors (Lipinski definition) is 8. The van der Waals surface area contributed by atoms with Crippen LogP contribution in [0.5, 0.6) is 0 Å². The molecule has 172 valence electrons. The monoisotopic (exact) mass is 483 g/mol. The van der Waals surface area contributed by atoms with Gasteiger partial charge in [0.25, 0.3) is 0 Å². The normalized spacial score (nSPS) is 12.8.